The van der Waals surface area contributed by atoms with Crippen molar-refractivity contribution in [1.82, 2.24) is 5.06 Å². The number of nitrogen functional groups attached to an aromatic ring is 1. The van der Waals surface area contributed by atoms with Gasteiger partial charge in [0, 0.05) is 12.2 Å². The van der Waals surface area contributed by atoms with Crippen molar-refractivity contribution < 1.29 is 9.63 Å². The monoisotopic (exact) mass is 283 g/mol. The maximum Gasteiger partial charge on any atom is 0.243 e. The Morgan fingerprint density at radius 1 is 1.53 bits per heavy atom. The number of benzene rings is 1. The van der Waals surface area contributed by atoms with E-state index in [1.165, 1.54) is 0 Å². The molecule has 6 heteroatoms. The Hall–Kier alpha value is -1.30. The molecular formula is C13H18ClN3O2. The van der Waals surface area contributed by atoms with Crippen molar-refractivity contribution in [1.29, 1.82) is 0 Å². The van der Waals surface area contributed by atoms with Crippen LogP contribution in [-0.2, 0) is 9.63 Å². The molecule has 1 aliphatic heterocycles. The lowest BCUT2D eigenvalue weighted by molar-refractivity contribution is -0.202. The van der Waals surface area contributed by atoms with Crippen LogP contribution in [0, 0.1) is 0 Å². The minimum Gasteiger partial charge on any atom is -0.399 e. The highest BCUT2D eigenvalue weighted by molar-refractivity contribution is 6.34. The number of amides is 1. The van der Waals surface area contributed by atoms with Gasteiger partial charge in [-0.05, 0) is 38.0 Å². The number of hydroxylamine groups is 2. The molecular weight excluding hydrogens is 266 g/mol. The van der Waals surface area contributed by atoms with Crippen LogP contribution in [0.5, 0.6) is 0 Å². The fraction of sp³-hybridized carbons (Fsp3) is 0.462. The number of nitrogens with two attached hydrogens (primary N) is 1. The number of nitrogens with one attached hydrogen (secondary N) is 1. The molecule has 0 saturated carbocycles. The van der Waals surface area contributed by atoms with Crippen molar-refractivity contribution in [3.8, 4) is 0 Å². The Morgan fingerprint density at radius 2 is 2.32 bits per heavy atom. The summed E-state index contributed by atoms with van der Waals surface area (Å²) < 4.78 is 0. The van der Waals surface area contributed by atoms with E-state index in [2.05, 4.69) is 5.32 Å². The van der Waals surface area contributed by atoms with Crippen LogP contribution in [0.4, 0.5) is 11.4 Å². The van der Waals surface area contributed by atoms with E-state index >= 15 is 0 Å². The Labute approximate surface area is 117 Å². The van der Waals surface area contributed by atoms with E-state index in [1.54, 1.807) is 23.3 Å². The third-order valence-corrected chi connectivity index (χ3v) is 3.41. The van der Waals surface area contributed by atoms with E-state index < -0.39 is 0 Å². The SMILES string of the molecule is CC(C(=O)Nc1ccc(N)cc1Cl)N1CCCCO1. The van der Waals surface area contributed by atoms with E-state index in [1.807, 2.05) is 6.92 Å². The molecule has 1 amide bonds. The predicted octanol–water partition coefficient (Wildman–Crippen LogP) is 2.28. The predicted molar refractivity (Wildman–Crippen MR) is 75.8 cm³/mol. The zero-order valence-corrected chi connectivity index (χ0v) is 11.6. The van der Waals surface area contributed by atoms with Gasteiger partial charge < -0.3 is 11.1 Å². The topological polar surface area (TPSA) is 67.6 Å². The zero-order chi connectivity index (χ0) is 13.8. The first kappa shape index (κ1) is 14.1. The van der Waals surface area contributed by atoms with E-state index in [9.17, 15) is 4.79 Å². The fourth-order valence-corrected chi connectivity index (χ4v) is 2.16. The van der Waals surface area contributed by atoms with Crippen LogP contribution in [0.15, 0.2) is 18.2 Å². The van der Waals surface area contributed by atoms with E-state index in [-0.39, 0.29) is 11.9 Å². The maximum atomic E-state index is 12.1. The number of anilines is 2. The summed E-state index contributed by atoms with van der Waals surface area (Å²) in [6, 6.07) is 4.65. The van der Waals surface area contributed by atoms with Crippen LogP contribution in [0.1, 0.15) is 19.8 Å². The highest BCUT2D eigenvalue weighted by Crippen LogP contribution is 2.24. The summed E-state index contributed by atoms with van der Waals surface area (Å²) in [6.07, 6.45) is 2.08. The van der Waals surface area contributed by atoms with Gasteiger partial charge in [0.05, 0.1) is 17.3 Å². The summed E-state index contributed by atoms with van der Waals surface area (Å²) in [5.41, 5.74) is 6.73. The normalized spacial score (nSPS) is 18.0. The number of hydrogen-bond acceptors (Lipinski definition) is 4. The van der Waals surface area contributed by atoms with Gasteiger partial charge >= 0.3 is 0 Å². The van der Waals surface area contributed by atoms with Crippen LogP contribution in [0.3, 0.4) is 0 Å². The molecule has 5 nitrogen and oxygen atoms in total. The smallest absolute Gasteiger partial charge is 0.243 e. The van der Waals surface area contributed by atoms with Crippen LogP contribution >= 0.6 is 11.6 Å². The molecule has 2 rings (SSSR count). The molecule has 0 aromatic heterocycles. The van der Waals surface area contributed by atoms with Gasteiger partial charge in [-0.1, -0.05) is 11.6 Å². The quantitative estimate of drug-likeness (QED) is 0.835. The minimum absolute atomic E-state index is 0.145. The molecule has 1 unspecified atom stereocenters. The molecule has 1 atom stereocenters. The summed E-state index contributed by atoms with van der Waals surface area (Å²) in [5, 5.41) is 4.93. The van der Waals surface area contributed by atoms with Gasteiger partial charge in [0.25, 0.3) is 0 Å². The number of rotatable bonds is 3. The first-order valence-corrected chi connectivity index (χ1v) is 6.71. The van der Waals surface area contributed by atoms with Crippen LogP contribution in [-0.4, -0.2) is 30.2 Å². The maximum absolute atomic E-state index is 12.1. The summed E-state index contributed by atoms with van der Waals surface area (Å²) in [6.45, 7) is 3.25. The summed E-state index contributed by atoms with van der Waals surface area (Å²) in [7, 11) is 0. The van der Waals surface area contributed by atoms with Crippen molar-refractivity contribution in [2.75, 3.05) is 24.2 Å². The molecule has 3 N–H and O–H groups in total. The van der Waals surface area contributed by atoms with Crippen LogP contribution < -0.4 is 11.1 Å². The standard InChI is InChI=1S/C13H18ClN3O2/c1-9(17-6-2-3-7-19-17)13(18)16-12-5-4-10(15)8-11(12)14/h4-5,8-9H,2-3,6-7,15H2,1H3,(H,16,18). The van der Waals surface area contributed by atoms with Gasteiger partial charge in [0.15, 0.2) is 0 Å². The highest BCUT2D eigenvalue weighted by atomic mass is 35.5. The van der Waals surface area contributed by atoms with Gasteiger partial charge in [0.2, 0.25) is 5.91 Å². The third-order valence-electron chi connectivity index (χ3n) is 3.09. The van der Waals surface area contributed by atoms with Gasteiger partial charge in [-0.25, -0.2) is 0 Å². The third kappa shape index (κ3) is 3.59. The molecule has 1 fully saturated rings. The van der Waals surface area contributed by atoms with Gasteiger partial charge in [-0.2, -0.15) is 5.06 Å². The number of nitrogens with zero attached hydrogens (tertiary/aromatic N) is 1. The molecule has 0 aliphatic carbocycles. The fourth-order valence-electron chi connectivity index (χ4n) is 1.92. The minimum atomic E-state index is -0.353. The molecule has 1 saturated heterocycles. The van der Waals surface area contributed by atoms with Crippen molar-refractivity contribution in [3.05, 3.63) is 23.2 Å². The molecule has 1 aromatic carbocycles. The second-order valence-corrected chi connectivity index (χ2v) is 4.99. The molecule has 0 radical (unpaired) electrons. The number of carbonyl (C=O) groups excluding carboxylic acids is 1. The van der Waals surface area contributed by atoms with E-state index in [0.29, 0.717) is 23.0 Å². The Kier molecular flexibility index (Phi) is 4.63. The zero-order valence-electron chi connectivity index (χ0n) is 10.9. The molecule has 0 bridgehead atoms. The summed E-state index contributed by atoms with van der Waals surface area (Å²) in [4.78, 5) is 17.6. The van der Waals surface area contributed by atoms with E-state index in [0.717, 1.165) is 19.4 Å². The van der Waals surface area contributed by atoms with Gasteiger partial charge in [-0.15, -0.1) is 0 Å². The van der Waals surface area contributed by atoms with Crippen molar-refractivity contribution in [2.24, 2.45) is 0 Å². The average Bonchev–Trinajstić information content (AvgIpc) is 2.42. The Morgan fingerprint density at radius 3 is 2.95 bits per heavy atom. The molecule has 0 spiro atoms. The number of hydrogen-bond donors (Lipinski definition) is 2. The first-order chi connectivity index (χ1) is 9.08. The second-order valence-electron chi connectivity index (χ2n) is 4.59. The van der Waals surface area contributed by atoms with Crippen LogP contribution in [0.2, 0.25) is 5.02 Å². The molecule has 1 heterocycles. The molecule has 1 aromatic rings. The molecule has 1 aliphatic rings. The van der Waals surface area contributed by atoms with Crippen molar-refractivity contribution in [3.63, 3.8) is 0 Å². The first-order valence-electron chi connectivity index (χ1n) is 6.33. The van der Waals surface area contributed by atoms with Crippen molar-refractivity contribution in [2.45, 2.75) is 25.8 Å². The molecule has 104 valence electrons. The second kappa shape index (κ2) is 6.23. The Balaban J connectivity index is 1.99. The summed E-state index contributed by atoms with van der Waals surface area (Å²) in [5.74, 6) is -0.145. The highest BCUT2D eigenvalue weighted by Gasteiger charge is 2.24. The average molecular weight is 284 g/mol. The lowest BCUT2D eigenvalue weighted by Crippen LogP contribution is -2.44. The molecule has 19 heavy (non-hydrogen) atoms. The lowest BCUT2D eigenvalue weighted by Gasteiger charge is -2.30. The Bertz CT molecular complexity index is 461. The van der Waals surface area contributed by atoms with Crippen molar-refractivity contribution >= 4 is 28.9 Å². The number of carbonyl (C=O) groups is 1. The number of halogens is 1. The lowest BCUT2D eigenvalue weighted by atomic mass is 10.2. The van der Waals surface area contributed by atoms with Gasteiger partial charge in [0.1, 0.15) is 6.04 Å². The summed E-state index contributed by atoms with van der Waals surface area (Å²) >= 11 is 6.02. The van der Waals surface area contributed by atoms with Gasteiger partial charge in [-0.3, -0.25) is 9.63 Å². The van der Waals surface area contributed by atoms with Crippen LogP contribution in [0.25, 0.3) is 0 Å². The van der Waals surface area contributed by atoms with E-state index in [4.69, 9.17) is 22.2 Å². The largest absolute Gasteiger partial charge is 0.399 e.